The summed E-state index contributed by atoms with van der Waals surface area (Å²) in [5, 5.41) is 148. The highest BCUT2D eigenvalue weighted by Crippen LogP contribution is 2.18. The van der Waals surface area contributed by atoms with Crippen molar-refractivity contribution < 1.29 is 157 Å². The predicted octanol–water partition coefficient (Wildman–Crippen LogP) is -11.3. The number of thiol groups is 2. The number of nitrogens with two attached hydrogens (primary N) is 2. The van der Waals surface area contributed by atoms with Gasteiger partial charge in [0.15, 0.2) is 0 Å². The molecule has 2 aromatic rings. The van der Waals surface area contributed by atoms with Gasteiger partial charge in [-0.15, -0.1) is 0 Å². The maximum Gasteiger partial charge on any atom is 0.328 e. The number of hydrogen-bond acceptors (Lipinski definition) is 32. The van der Waals surface area contributed by atoms with Gasteiger partial charge in [0, 0.05) is 24.3 Å². The fraction of sp³-hybridized carbons (Fsp3) is 0.598. The second-order valence-electron chi connectivity index (χ2n) is 32.3. The molecule has 17 amide bonds. The number of aliphatic hydroxyl groups excluding tert-OH is 6. The number of carbonyl (C=O) groups is 21. The summed E-state index contributed by atoms with van der Waals surface area (Å²) in [5.74, 6) is -31.1. The fourth-order valence-electron chi connectivity index (χ4n) is 12.5. The zero-order valence-corrected chi connectivity index (χ0v) is 77.3. The highest BCUT2D eigenvalue weighted by atomic mass is 32.1. The van der Waals surface area contributed by atoms with Gasteiger partial charge >= 0.3 is 23.9 Å². The first-order valence-corrected chi connectivity index (χ1v) is 44.0. The van der Waals surface area contributed by atoms with E-state index < -0.39 is 333 Å². The van der Waals surface area contributed by atoms with Gasteiger partial charge in [-0.3, -0.25) is 95.9 Å². The molecule has 0 radical (unpaired) electrons. The molecule has 53 heteroatoms. The van der Waals surface area contributed by atoms with Crippen molar-refractivity contribution in [2.75, 3.05) is 44.5 Å². The smallest absolute Gasteiger partial charge is 0.328 e. The number of hydrogen-bond donors (Lipinski definition) is 32. The van der Waals surface area contributed by atoms with Crippen LogP contribution in [0.2, 0.25) is 0 Å². The Hall–Kier alpha value is -12.5. The summed E-state index contributed by atoms with van der Waals surface area (Å²) < 4.78 is 0. The Kier molecular flexibility index (Phi) is 52.7. The van der Waals surface area contributed by atoms with Gasteiger partial charge in [0.05, 0.1) is 57.9 Å². The van der Waals surface area contributed by atoms with E-state index in [-0.39, 0.29) is 50.0 Å². The van der Waals surface area contributed by atoms with E-state index in [2.05, 4.69) is 105 Å². The second kappa shape index (κ2) is 60.0. The van der Waals surface area contributed by atoms with Gasteiger partial charge < -0.3 is 158 Å². The van der Waals surface area contributed by atoms with E-state index in [4.69, 9.17) is 11.5 Å². The molecule has 0 saturated heterocycles. The average molecular weight is 1960 g/mol. The minimum atomic E-state index is -2.13. The van der Waals surface area contributed by atoms with Crippen LogP contribution in [0, 0.1) is 17.8 Å². The van der Waals surface area contributed by atoms with Crippen LogP contribution in [-0.4, -0.2) is 346 Å². The zero-order chi connectivity index (χ0) is 103. The summed E-state index contributed by atoms with van der Waals surface area (Å²) >= 11 is 8.26. The summed E-state index contributed by atoms with van der Waals surface area (Å²) in [5.41, 5.74) is 11.9. The molecule has 0 aliphatic rings. The van der Waals surface area contributed by atoms with E-state index in [9.17, 15) is 157 Å². The van der Waals surface area contributed by atoms with E-state index in [1.54, 1.807) is 39.0 Å². The van der Waals surface area contributed by atoms with Crippen molar-refractivity contribution in [1.29, 1.82) is 0 Å². The van der Waals surface area contributed by atoms with Crippen LogP contribution in [0.25, 0.3) is 0 Å². The van der Waals surface area contributed by atoms with Crippen LogP contribution in [0.3, 0.4) is 0 Å². The number of nitrogens with one attached hydrogen (secondary N) is 17. The van der Waals surface area contributed by atoms with Crippen molar-refractivity contribution in [3.05, 3.63) is 65.7 Å². The molecule has 21 atom stereocenters. The first kappa shape index (κ1) is 119. The first-order valence-electron chi connectivity index (χ1n) is 42.7. The Morgan fingerprint density at radius 1 is 0.341 bits per heavy atom. The van der Waals surface area contributed by atoms with Crippen molar-refractivity contribution >= 4 is 150 Å². The van der Waals surface area contributed by atoms with Crippen LogP contribution in [0.4, 0.5) is 0 Å². The third-order valence-corrected chi connectivity index (χ3v) is 21.1. The van der Waals surface area contributed by atoms with Crippen molar-refractivity contribution in [2.24, 2.45) is 29.2 Å². The Labute approximate surface area is 786 Å². The number of rotatable bonds is 62. The summed E-state index contributed by atoms with van der Waals surface area (Å²) in [6, 6.07) is -19.6. The minimum Gasteiger partial charge on any atom is -0.508 e. The number of amides is 17. The number of benzene rings is 2. The van der Waals surface area contributed by atoms with Gasteiger partial charge in [0.1, 0.15) is 115 Å². The van der Waals surface area contributed by atoms with Crippen LogP contribution >= 0.6 is 25.3 Å². The monoisotopic (exact) mass is 1950 g/mol. The molecule has 0 aliphatic carbocycles. The highest BCUT2D eigenvalue weighted by molar-refractivity contribution is 7.80. The molecule has 0 heterocycles. The molecule has 0 bridgehead atoms. The number of aliphatic carboxylic acids is 4. The van der Waals surface area contributed by atoms with Crippen molar-refractivity contribution in [3.8, 4) is 5.75 Å². The van der Waals surface area contributed by atoms with Crippen LogP contribution in [-0.2, 0) is 114 Å². The molecule has 2 rings (SSSR count). The quantitative estimate of drug-likeness (QED) is 0.0216. The number of phenols is 1. The second-order valence-corrected chi connectivity index (χ2v) is 33.1. The number of aliphatic hydroxyl groups is 6. The molecule has 0 aliphatic heterocycles. The molecular weight excluding hydrogens is 1830 g/mol. The Balaban J connectivity index is 2.52. The lowest BCUT2D eigenvalue weighted by atomic mass is 9.96. The molecule has 0 fully saturated rings. The molecular formula is C82H127N19O32S2. The number of unbranched alkanes of at least 4 members (excludes halogenated alkanes) is 1. The standard InChI is InChI=1S/C82H127N19O32S2/c1-10-38(6)62(99-73(123)52(29-60(113)114)90-69(119)48(25-42-16-12-11-13-17-42)88-68(118)49(26-43-19-21-44(108)22-20-43)89-76(126)56(34-134)96-70(120)50(27-58(109)110)87-65(115)39(7)85-66(116)45(84)30-102)79(129)92-47(24-36(2)3)71(121)100-63(40(8)106)80(130)86-46(18-14-15-23-83)67(117)93-53(31-103)74(124)91-51(28-59(111)112)72(122)98-61(37(4)5)78(128)97-57(35-135)77(127)101-64(41(9)107)81(131)94-54(32-104)75(125)95-55(33-105)82(132)133/h11-13,16-17,19-22,36-41,45-57,61-64,102-108,134-135H,10,14-15,18,23-35,83-84H2,1-9H3,(H,85,116)(H,86,130)(H,87,115)(H,88,118)(H,89,126)(H,90,119)(H,91,124)(H,92,129)(H,93,117)(H,94,131)(H,95,125)(H,96,120)(H,97,128)(H,98,122)(H,99,123)(H,100,121)(H,101,127)(H,109,110)(H,111,112)(H,113,114)(H,132,133)/t38-,39-,40+,41+,45-,46-,47-,48-,49-,50-,51-,52-,53-,54-,55-,56-,57-,61-,62-,63-,64-/m0/s1. The molecule has 0 spiro atoms. The topological polar surface area (TPSA) is 838 Å². The fourth-order valence-corrected chi connectivity index (χ4v) is 13.0. The molecule has 0 unspecified atom stereocenters. The van der Waals surface area contributed by atoms with Crippen molar-refractivity contribution in [1.82, 2.24) is 90.4 Å². The normalized spacial score (nSPS) is 15.9. The third-order valence-electron chi connectivity index (χ3n) is 20.4. The third kappa shape index (κ3) is 41.5. The van der Waals surface area contributed by atoms with Gasteiger partial charge in [-0.1, -0.05) is 90.4 Å². The molecule has 0 aromatic heterocycles. The molecule has 51 nitrogen and oxygen atoms in total. The van der Waals surface area contributed by atoms with Crippen molar-refractivity contribution in [2.45, 2.75) is 247 Å². The van der Waals surface area contributed by atoms with Gasteiger partial charge in [-0.05, 0) is 94.0 Å². The van der Waals surface area contributed by atoms with E-state index >= 15 is 0 Å². The van der Waals surface area contributed by atoms with Gasteiger partial charge in [0.25, 0.3) is 0 Å². The van der Waals surface area contributed by atoms with Crippen molar-refractivity contribution in [3.63, 3.8) is 0 Å². The maximum absolute atomic E-state index is 14.8. The van der Waals surface area contributed by atoms with Crippen LogP contribution < -0.4 is 102 Å². The van der Waals surface area contributed by atoms with E-state index in [0.717, 1.165) is 20.8 Å². The lowest BCUT2D eigenvalue weighted by Gasteiger charge is -2.30. The molecule has 135 heavy (non-hydrogen) atoms. The lowest BCUT2D eigenvalue weighted by Crippen LogP contribution is -2.63. The summed E-state index contributed by atoms with van der Waals surface area (Å²) in [7, 11) is 0. The number of carboxylic acids is 4. The summed E-state index contributed by atoms with van der Waals surface area (Å²) in [4.78, 5) is 285. The summed E-state index contributed by atoms with van der Waals surface area (Å²) in [6.07, 6.45) is -8.15. The van der Waals surface area contributed by atoms with Crippen LogP contribution in [0.15, 0.2) is 54.6 Å². The molecule has 32 N–H and O–H groups in total. The number of phenolic OH excluding ortho intramolecular Hbond substituents is 1. The maximum atomic E-state index is 14.8. The van der Waals surface area contributed by atoms with Gasteiger partial charge in [0.2, 0.25) is 100 Å². The highest BCUT2D eigenvalue weighted by Gasteiger charge is 2.42. The largest absolute Gasteiger partial charge is 0.508 e. The Morgan fingerprint density at radius 3 is 1.06 bits per heavy atom. The predicted molar refractivity (Wildman–Crippen MR) is 479 cm³/mol. The first-order chi connectivity index (χ1) is 63.3. The lowest BCUT2D eigenvalue weighted by molar-refractivity contribution is -0.144. The van der Waals surface area contributed by atoms with E-state index in [0.29, 0.717) is 5.56 Å². The Bertz CT molecular complexity index is 4390. The van der Waals surface area contributed by atoms with Gasteiger partial charge in [-0.25, -0.2) is 4.79 Å². The number of carboxylic acid groups (broad SMARTS) is 4. The van der Waals surface area contributed by atoms with E-state index in [1.165, 1.54) is 57.2 Å². The number of aromatic hydroxyl groups is 1. The minimum absolute atomic E-state index is 0.0318. The summed E-state index contributed by atoms with van der Waals surface area (Å²) in [6.45, 7) is 7.98. The van der Waals surface area contributed by atoms with Crippen LogP contribution in [0.1, 0.15) is 125 Å². The Morgan fingerprint density at radius 2 is 0.659 bits per heavy atom. The number of carbonyl (C=O) groups excluding carboxylic acids is 17. The van der Waals surface area contributed by atoms with Crippen LogP contribution in [0.5, 0.6) is 5.75 Å². The van der Waals surface area contributed by atoms with E-state index in [1.807, 2.05) is 10.6 Å². The molecule has 0 saturated carbocycles. The average Bonchev–Trinajstić information content (AvgIpc) is 0.840. The SMILES string of the molecule is CC[C@H](C)[C@H](NC(=O)[C@H](CC(=O)O)NC(=O)[C@H](Cc1ccccc1)NC(=O)[C@H](Cc1ccc(O)cc1)NC(=O)[C@H](CS)NC(=O)[C@H](CC(=O)O)NC(=O)[C@H](C)NC(=O)[C@@H](N)CO)C(=O)N[C@@H](CC(C)C)C(=O)N[C@H](C(=O)N[C@@H](CCCCN)C(=O)N[C@@H](CO)C(=O)N[C@@H](CC(=O)O)C(=O)N[C@H](C(=O)N[C@@H](CS)C(=O)N[C@H](C(=O)N[C@@H](CO)C(=O)N[C@@H](CO)C(=O)O)[C@@H](C)O)C(C)C)[C@@H](C)O. The molecule has 2 aromatic carbocycles. The van der Waals surface area contributed by atoms with Gasteiger partial charge in [-0.2, -0.15) is 25.3 Å². The molecule has 754 valence electrons. The zero-order valence-electron chi connectivity index (χ0n) is 75.5.